The van der Waals surface area contributed by atoms with Gasteiger partial charge in [-0.2, -0.15) is 5.10 Å². The second kappa shape index (κ2) is 8.48. The number of pyridine rings is 1. The largest absolute Gasteiger partial charge is 0.462 e. The number of aryl methyl sites for hydroxylation is 1. The van der Waals surface area contributed by atoms with E-state index in [4.69, 9.17) is 4.74 Å². The van der Waals surface area contributed by atoms with E-state index in [9.17, 15) is 9.59 Å². The number of aromatic nitrogens is 2. The maximum Gasteiger partial charge on any atom is 0.339 e. The van der Waals surface area contributed by atoms with Gasteiger partial charge < -0.3 is 4.74 Å². The lowest BCUT2D eigenvalue weighted by atomic mass is 9.99. The standard InChI is InChI=1S/C21H21BrN2O3/c1-3-5-6-17-19(20(25)14-7-10-16(22)11-8-14)18-12-9-15(13-24(18)23-17)21(26)27-4-2/h7-13H,3-6H2,1-2H3. The summed E-state index contributed by atoms with van der Waals surface area (Å²) in [7, 11) is 0. The molecule has 0 fully saturated rings. The highest BCUT2D eigenvalue weighted by Crippen LogP contribution is 2.23. The van der Waals surface area contributed by atoms with Gasteiger partial charge in [-0.25, -0.2) is 9.31 Å². The molecule has 0 aliphatic carbocycles. The highest BCUT2D eigenvalue weighted by molar-refractivity contribution is 9.10. The van der Waals surface area contributed by atoms with Crippen molar-refractivity contribution in [2.45, 2.75) is 33.1 Å². The van der Waals surface area contributed by atoms with Crippen LogP contribution in [-0.2, 0) is 11.2 Å². The normalized spacial score (nSPS) is 10.9. The SMILES string of the molecule is CCCCc1nn2cc(C(=O)OCC)ccc2c1C(=O)c1ccc(Br)cc1. The molecular formula is C21H21BrN2O3. The van der Waals surface area contributed by atoms with Crippen LogP contribution in [0.4, 0.5) is 0 Å². The Balaban J connectivity index is 2.09. The van der Waals surface area contributed by atoms with Crippen molar-refractivity contribution in [3.63, 3.8) is 0 Å². The summed E-state index contributed by atoms with van der Waals surface area (Å²) in [6.45, 7) is 4.18. The molecule has 3 aromatic rings. The Morgan fingerprint density at radius 2 is 1.78 bits per heavy atom. The van der Waals surface area contributed by atoms with Crippen LogP contribution in [-0.4, -0.2) is 28.0 Å². The van der Waals surface area contributed by atoms with Crippen molar-refractivity contribution < 1.29 is 14.3 Å². The summed E-state index contributed by atoms with van der Waals surface area (Å²) < 4.78 is 7.59. The van der Waals surface area contributed by atoms with Crippen molar-refractivity contribution in [2.75, 3.05) is 6.61 Å². The van der Waals surface area contributed by atoms with Gasteiger partial charge in [0.15, 0.2) is 5.78 Å². The summed E-state index contributed by atoms with van der Waals surface area (Å²) in [5.74, 6) is -0.460. The van der Waals surface area contributed by atoms with Gasteiger partial charge in [-0.05, 0) is 56.2 Å². The topological polar surface area (TPSA) is 60.7 Å². The van der Waals surface area contributed by atoms with E-state index < -0.39 is 5.97 Å². The van der Waals surface area contributed by atoms with Gasteiger partial charge in [0.25, 0.3) is 0 Å². The number of nitrogens with zero attached hydrogens (tertiary/aromatic N) is 2. The molecule has 3 rings (SSSR count). The van der Waals surface area contributed by atoms with E-state index in [0.717, 1.165) is 23.0 Å². The Labute approximate surface area is 166 Å². The van der Waals surface area contributed by atoms with Gasteiger partial charge in [-0.3, -0.25) is 4.79 Å². The van der Waals surface area contributed by atoms with Gasteiger partial charge in [0, 0.05) is 16.2 Å². The van der Waals surface area contributed by atoms with Gasteiger partial charge in [0.2, 0.25) is 0 Å². The van der Waals surface area contributed by atoms with Crippen LogP contribution in [0.2, 0.25) is 0 Å². The van der Waals surface area contributed by atoms with Gasteiger partial charge in [-0.15, -0.1) is 0 Å². The number of fused-ring (bicyclic) bond motifs is 1. The van der Waals surface area contributed by atoms with Crippen molar-refractivity contribution in [1.82, 2.24) is 9.61 Å². The number of halogens is 1. The summed E-state index contributed by atoms with van der Waals surface area (Å²) in [5.41, 5.74) is 3.07. The third-order valence-electron chi connectivity index (χ3n) is 4.31. The number of ether oxygens (including phenoxy) is 1. The van der Waals surface area contributed by atoms with Crippen LogP contribution in [0.1, 0.15) is 58.7 Å². The van der Waals surface area contributed by atoms with E-state index in [1.54, 1.807) is 41.9 Å². The number of ketones is 1. The first-order valence-electron chi connectivity index (χ1n) is 9.03. The maximum atomic E-state index is 13.2. The molecule has 27 heavy (non-hydrogen) atoms. The summed E-state index contributed by atoms with van der Waals surface area (Å²) in [5, 5.41) is 4.60. The van der Waals surface area contributed by atoms with Crippen molar-refractivity contribution in [2.24, 2.45) is 0 Å². The first kappa shape index (κ1) is 19.3. The van der Waals surface area contributed by atoms with Gasteiger partial charge in [0.05, 0.1) is 28.9 Å². The molecule has 2 aromatic heterocycles. The van der Waals surface area contributed by atoms with Crippen molar-refractivity contribution in [3.05, 3.63) is 69.5 Å². The van der Waals surface area contributed by atoms with Crippen LogP contribution >= 0.6 is 15.9 Å². The fourth-order valence-corrected chi connectivity index (χ4v) is 3.21. The summed E-state index contributed by atoms with van der Waals surface area (Å²) in [4.78, 5) is 25.2. The zero-order valence-electron chi connectivity index (χ0n) is 15.4. The van der Waals surface area contributed by atoms with Gasteiger partial charge in [-0.1, -0.05) is 29.3 Å². The molecule has 0 N–H and O–H groups in total. The summed E-state index contributed by atoms with van der Waals surface area (Å²) in [6, 6.07) is 10.7. The summed E-state index contributed by atoms with van der Waals surface area (Å²) >= 11 is 3.39. The van der Waals surface area contributed by atoms with Crippen LogP contribution in [0, 0.1) is 0 Å². The molecule has 0 atom stereocenters. The van der Waals surface area contributed by atoms with E-state index in [1.807, 2.05) is 12.1 Å². The van der Waals surface area contributed by atoms with E-state index in [1.165, 1.54) is 0 Å². The van der Waals surface area contributed by atoms with E-state index in [-0.39, 0.29) is 5.78 Å². The molecule has 0 spiro atoms. The van der Waals surface area contributed by atoms with Gasteiger partial charge >= 0.3 is 5.97 Å². The van der Waals surface area contributed by atoms with Gasteiger partial charge in [0.1, 0.15) is 0 Å². The predicted octanol–water partition coefficient (Wildman–Crippen LogP) is 4.85. The Morgan fingerprint density at radius 3 is 2.44 bits per heavy atom. The van der Waals surface area contributed by atoms with Crippen LogP contribution < -0.4 is 0 Å². The van der Waals surface area contributed by atoms with Crippen LogP contribution in [0.15, 0.2) is 47.1 Å². The number of benzene rings is 1. The third kappa shape index (κ3) is 4.11. The second-order valence-electron chi connectivity index (χ2n) is 6.23. The number of carbonyl (C=O) groups is 2. The Morgan fingerprint density at radius 1 is 1.07 bits per heavy atom. The molecule has 140 valence electrons. The highest BCUT2D eigenvalue weighted by atomic mass is 79.9. The molecule has 0 radical (unpaired) electrons. The lowest BCUT2D eigenvalue weighted by Gasteiger charge is -2.04. The number of esters is 1. The molecule has 6 heteroatoms. The zero-order chi connectivity index (χ0) is 19.4. The molecular weight excluding hydrogens is 408 g/mol. The summed E-state index contributed by atoms with van der Waals surface area (Å²) in [6.07, 6.45) is 4.29. The van der Waals surface area contributed by atoms with Crippen molar-refractivity contribution >= 4 is 33.2 Å². The molecule has 5 nitrogen and oxygen atoms in total. The number of hydrogen-bond acceptors (Lipinski definition) is 4. The molecule has 0 saturated carbocycles. The molecule has 0 unspecified atom stereocenters. The monoisotopic (exact) mass is 428 g/mol. The van der Waals surface area contributed by atoms with Crippen LogP contribution in [0.3, 0.4) is 0 Å². The molecule has 0 aliphatic rings. The maximum absolute atomic E-state index is 13.2. The average Bonchev–Trinajstić information content (AvgIpc) is 3.04. The minimum Gasteiger partial charge on any atom is -0.462 e. The molecule has 0 amide bonds. The number of rotatable bonds is 7. The minimum atomic E-state index is -0.397. The third-order valence-corrected chi connectivity index (χ3v) is 4.84. The number of unbranched alkanes of at least 4 members (excludes halogenated alkanes) is 1. The zero-order valence-corrected chi connectivity index (χ0v) is 17.0. The van der Waals surface area contributed by atoms with Crippen molar-refractivity contribution in [1.29, 1.82) is 0 Å². The van der Waals surface area contributed by atoms with E-state index in [2.05, 4.69) is 28.0 Å². The predicted molar refractivity (Wildman–Crippen MR) is 107 cm³/mol. The first-order chi connectivity index (χ1) is 13.0. The Hall–Kier alpha value is -2.47. The smallest absolute Gasteiger partial charge is 0.339 e. The second-order valence-corrected chi connectivity index (χ2v) is 7.14. The lowest BCUT2D eigenvalue weighted by molar-refractivity contribution is 0.0525. The average molecular weight is 429 g/mol. The van der Waals surface area contributed by atoms with Crippen molar-refractivity contribution in [3.8, 4) is 0 Å². The highest BCUT2D eigenvalue weighted by Gasteiger charge is 2.21. The molecule has 1 aromatic carbocycles. The van der Waals surface area contributed by atoms with E-state index >= 15 is 0 Å². The van der Waals surface area contributed by atoms with Crippen LogP contribution in [0.5, 0.6) is 0 Å². The Kier molecular flexibility index (Phi) is 6.06. The first-order valence-corrected chi connectivity index (χ1v) is 9.83. The fraction of sp³-hybridized carbons (Fsp3) is 0.286. The molecule has 2 heterocycles. The Bertz CT molecular complexity index is 977. The molecule has 0 saturated heterocycles. The quantitative estimate of drug-likeness (QED) is 0.398. The number of carbonyl (C=O) groups excluding carboxylic acids is 2. The molecule has 0 aliphatic heterocycles. The molecule has 0 bridgehead atoms. The van der Waals surface area contributed by atoms with Crippen LogP contribution in [0.25, 0.3) is 5.52 Å². The lowest BCUT2D eigenvalue weighted by Crippen LogP contribution is -2.06. The minimum absolute atomic E-state index is 0.0625. The fourth-order valence-electron chi connectivity index (χ4n) is 2.95. The van der Waals surface area contributed by atoms with E-state index in [0.29, 0.717) is 35.2 Å². The number of hydrogen-bond donors (Lipinski definition) is 0.